The molecule has 2 nitrogen and oxygen atoms in total. The van der Waals surface area contributed by atoms with E-state index in [1.165, 1.54) is 18.2 Å². The second-order valence-electron chi connectivity index (χ2n) is 10.2. The molecule has 2 atom stereocenters. The van der Waals surface area contributed by atoms with Gasteiger partial charge in [-0.3, -0.25) is 0 Å². The topological polar surface area (TPSA) is 18.5 Å². The van der Waals surface area contributed by atoms with Gasteiger partial charge in [0, 0.05) is 17.9 Å². The fourth-order valence-electron chi connectivity index (χ4n) is 5.05. The zero-order chi connectivity index (χ0) is 30.2. The van der Waals surface area contributed by atoms with E-state index in [1.807, 2.05) is 6.92 Å². The highest BCUT2D eigenvalue weighted by atomic mass is 19.3. The third kappa shape index (κ3) is 8.03. The summed E-state index contributed by atoms with van der Waals surface area (Å²) in [4.78, 5) is 0. The normalized spacial score (nSPS) is 18.0. The molecular weight excluding hydrogens is 561 g/mol. The van der Waals surface area contributed by atoms with E-state index in [0.717, 1.165) is 12.1 Å². The van der Waals surface area contributed by atoms with Crippen LogP contribution in [0.25, 0.3) is 17.0 Å². The van der Waals surface area contributed by atoms with E-state index in [-0.39, 0.29) is 37.0 Å². The standard InChI is InChI=1S/C33H31F7O2/c1-2-3-4-5-27(34)31(38)22-9-7-21(8-10-22)23-12-15-26(28(35)18-23)24-11-14-25(41-19-24)13-6-20-16-29(36)32(30(37)17-20)42-33(39)40/h2-3,7-10,12,15-18,24-25,33H,4-6,11,13-14,19H2,1H3. The second kappa shape index (κ2) is 14.5. The maximum absolute atomic E-state index is 15.1. The highest BCUT2D eigenvalue weighted by molar-refractivity contribution is 5.68. The van der Waals surface area contributed by atoms with Crippen LogP contribution in [0.15, 0.2) is 72.6 Å². The van der Waals surface area contributed by atoms with Gasteiger partial charge in [-0.1, -0.05) is 48.6 Å². The van der Waals surface area contributed by atoms with Crippen LogP contribution in [0, 0.1) is 17.5 Å². The van der Waals surface area contributed by atoms with Crippen molar-refractivity contribution < 1.29 is 40.2 Å². The Bertz CT molecular complexity index is 1390. The molecule has 1 fully saturated rings. The number of hydrogen-bond donors (Lipinski definition) is 0. The maximum Gasteiger partial charge on any atom is 0.387 e. The number of hydrogen-bond acceptors (Lipinski definition) is 2. The van der Waals surface area contributed by atoms with E-state index >= 15 is 4.39 Å². The van der Waals surface area contributed by atoms with Crippen molar-refractivity contribution in [3.63, 3.8) is 0 Å². The van der Waals surface area contributed by atoms with Crippen LogP contribution in [-0.2, 0) is 11.2 Å². The Hall–Kier alpha value is -3.59. The number of aryl methyl sites for hydroxylation is 1. The highest BCUT2D eigenvalue weighted by Gasteiger charge is 2.26. The number of halogens is 7. The summed E-state index contributed by atoms with van der Waals surface area (Å²) in [6, 6.07) is 13.0. The Labute approximate surface area is 240 Å². The van der Waals surface area contributed by atoms with Crippen LogP contribution in [0.4, 0.5) is 30.7 Å². The summed E-state index contributed by atoms with van der Waals surface area (Å²) in [7, 11) is 0. The first-order chi connectivity index (χ1) is 20.2. The predicted molar refractivity (Wildman–Crippen MR) is 148 cm³/mol. The van der Waals surface area contributed by atoms with Crippen molar-refractivity contribution in [1.29, 1.82) is 0 Å². The molecule has 9 heteroatoms. The molecule has 4 rings (SSSR count). The molecule has 0 spiro atoms. The number of benzene rings is 3. The van der Waals surface area contributed by atoms with Gasteiger partial charge in [-0.15, -0.1) is 0 Å². The summed E-state index contributed by atoms with van der Waals surface area (Å²) in [6.07, 6.45) is 5.70. The predicted octanol–water partition coefficient (Wildman–Crippen LogP) is 10.2. The lowest BCUT2D eigenvalue weighted by molar-refractivity contribution is -0.0546. The molecule has 224 valence electrons. The Morgan fingerprint density at radius 1 is 0.929 bits per heavy atom. The fourth-order valence-corrected chi connectivity index (χ4v) is 5.05. The fraction of sp³-hybridized carbons (Fsp3) is 0.333. The Kier molecular flexibility index (Phi) is 10.8. The molecule has 0 saturated carbocycles. The van der Waals surface area contributed by atoms with Crippen LogP contribution < -0.4 is 4.74 Å². The maximum atomic E-state index is 15.1. The van der Waals surface area contributed by atoms with E-state index in [1.54, 1.807) is 36.4 Å². The molecule has 42 heavy (non-hydrogen) atoms. The summed E-state index contributed by atoms with van der Waals surface area (Å²) in [6.45, 7) is -1.25. The lowest BCUT2D eigenvalue weighted by Crippen LogP contribution is -2.25. The first kappa shape index (κ1) is 31.3. The summed E-state index contributed by atoms with van der Waals surface area (Å²) in [5, 5.41) is 0. The molecule has 3 aromatic carbocycles. The Morgan fingerprint density at radius 3 is 2.21 bits per heavy atom. The SMILES string of the molecule is CC=CCCC(F)=C(F)c1ccc(-c2ccc(C3CCC(CCc4cc(F)c(OC(F)F)c(F)c4)OC3)c(F)c2)cc1. The first-order valence-electron chi connectivity index (χ1n) is 13.8. The van der Waals surface area contributed by atoms with Crippen molar-refractivity contribution in [3.05, 3.63) is 107 Å². The minimum absolute atomic E-state index is 0.0224. The van der Waals surface area contributed by atoms with Gasteiger partial charge in [-0.05, 0) is 79.5 Å². The van der Waals surface area contributed by atoms with Crippen LogP contribution in [0.2, 0.25) is 0 Å². The Morgan fingerprint density at radius 2 is 1.62 bits per heavy atom. The summed E-state index contributed by atoms with van der Waals surface area (Å²) in [5.74, 6) is -5.79. The monoisotopic (exact) mass is 592 g/mol. The number of alkyl halides is 2. The van der Waals surface area contributed by atoms with Gasteiger partial charge in [-0.2, -0.15) is 8.78 Å². The molecule has 0 N–H and O–H groups in total. The number of ether oxygens (including phenoxy) is 2. The third-order valence-corrected chi connectivity index (χ3v) is 7.31. The molecule has 1 aliphatic heterocycles. The van der Waals surface area contributed by atoms with Gasteiger partial charge in [0.1, 0.15) is 11.6 Å². The summed E-state index contributed by atoms with van der Waals surface area (Å²) in [5.41, 5.74) is 2.17. The molecule has 1 heterocycles. The van der Waals surface area contributed by atoms with Crippen LogP contribution in [0.5, 0.6) is 5.75 Å². The summed E-state index contributed by atoms with van der Waals surface area (Å²) >= 11 is 0. The number of allylic oxidation sites excluding steroid dienone is 3. The minimum atomic E-state index is -3.33. The largest absolute Gasteiger partial charge is 0.429 e. The van der Waals surface area contributed by atoms with Crippen molar-refractivity contribution in [3.8, 4) is 16.9 Å². The quantitative estimate of drug-likeness (QED) is 0.163. The number of rotatable bonds is 11. The average molecular weight is 593 g/mol. The van der Waals surface area contributed by atoms with Gasteiger partial charge in [0.15, 0.2) is 23.2 Å². The molecule has 1 aliphatic rings. The average Bonchev–Trinajstić information content (AvgIpc) is 2.98. The third-order valence-electron chi connectivity index (χ3n) is 7.31. The van der Waals surface area contributed by atoms with Crippen molar-refractivity contribution in [2.75, 3.05) is 6.61 Å². The first-order valence-corrected chi connectivity index (χ1v) is 13.8. The van der Waals surface area contributed by atoms with Gasteiger partial charge < -0.3 is 9.47 Å². The molecule has 0 aromatic heterocycles. The lowest BCUT2D eigenvalue weighted by Gasteiger charge is -2.29. The molecular formula is C33H31F7O2. The van der Waals surface area contributed by atoms with E-state index in [4.69, 9.17) is 4.74 Å². The zero-order valence-electron chi connectivity index (χ0n) is 23.0. The van der Waals surface area contributed by atoms with Gasteiger partial charge in [-0.25, -0.2) is 22.0 Å². The molecule has 0 radical (unpaired) electrons. The van der Waals surface area contributed by atoms with Gasteiger partial charge in [0.25, 0.3) is 0 Å². The van der Waals surface area contributed by atoms with Crippen molar-refractivity contribution in [2.45, 2.75) is 64.1 Å². The second-order valence-corrected chi connectivity index (χ2v) is 10.2. The van der Waals surface area contributed by atoms with Crippen LogP contribution in [0.3, 0.4) is 0 Å². The van der Waals surface area contributed by atoms with Crippen LogP contribution in [0.1, 0.15) is 61.6 Å². The van der Waals surface area contributed by atoms with Gasteiger partial charge >= 0.3 is 6.61 Å². The van der Waals surface area contributed by atoms with Crippen molar-refractivity contribution >= 4 is 5.83 Å². The highest BCUT2D eigenvalue weighted by Crippen LogP contribution is 2.34. The smallest absolute Gasteiger partial charge is 0.387 e. The van der Waals surface area contributed by atoms with E-state index in [0.29, 0.717) is 47.9 Å². The van der Waals surface area contributed by atoms with Crippen LogP contribution >= 0.6 is 0 Å². The molecule has 1 saturated heterocycles. The van der Waals surface area contributed by atoms with E-state index in [2.05, 4.69) is 4.74 Å². The van der Waals surface area contributed by atoms with Gasteiger partial charge in [0.05, 0.1) is 12.7 Å². The minimum Gasteiger partial charge on any atom is -0.429 e. The van der Waals surface area contributed by atoms with Gasteiger partial charge in [0.2, 0.25) is 0 Å². The molecule has 0 aliphatic carbocycles. The lowest BCUT2D eigenvalue weighted by atomic mass is 9.88. The molecule has 0 bridgehead atoms. The molecule has 3 aromatic rings. The van der Waals surface area contributed by atoms with Crippen molar-refractivity contribution in [2.24, 2.45) is 0 Å². The molecule has 0 amide bonds. The van der Waals surface area contributed by atoms with E-state index in [9.17, 15) is 26.3 Å². The van der Waals surface area contributed by atoms with Crippen LogP contribution in [-0.4, -0.2) is 19.3 Å². The Balaban J connectivity index is 1.32. The van der Waals surface area contributed by atoms with Crippen molar-refractivity contribution in [1.82, 2.24) is 0 Å². The summed E-state index contributed by atoms with van der Waals surface area (Å²) < 4.78 is 106. The molecule has 2 unspecified atom stereocenters. The van der Waals surface area contributed by atoms with E-state index < -0.39 is 41.5 Å². The zero-order valence-corrected chi connectivity index (χ0v) is 23.0.